The van der Waals surface area contributed by atoms with Gasteiger partial charge in [-0.25, -0.2) is 0 Å². The number of carbonyl (C=O) groups is 2. The highest BCUT2D eigenvalue weighted by atomic mass is 32.1. The third kappa shape index (κ3) is 4.51. The van der Waals surface area contributed by atoms with Crippen molar-refractivity contribution in [2.75, 3.05) is 11.5 Å². The molecule has 33 heavy (non-hydrogen) atoms. The van der Waals surface area contributed by atoms with E-state index in [0.29, 0.717) is 29.4 Å². The SMILES string of the molecule is CCOc1cccc(N2C(=O)/C(=C/c3ccc(-c4cccc([N+](=O)[O-])c4)o3)C(=O)NC2=S)c1. The highest BCUT2D eigenvalue weighted by Gasteiger charge is 2.35. The van der Waals surface area contributed by atoms with Gasteiger partial charge in [-0.3, -0.25) is 29.9 Å². The maximum Gasteiger partial charge on any atom is 0.270 e. The van der Waals surface area contributed by atoms with Crippen LogP contribution in [0.15, 0.2) is 70.7 Å². The van der Waals surface area contributed by atoms with E-state index in [1.165, 1.54) is 23.1 Å². The number of anilines is 1. The summed E-state index contributed by atoms with van der Waals surface area (Å²) in [4.78, 5) is 37.4. The third-order valence-electron chi connectivity index (χ3n) is 4.74. The van der Waals surface area contributed by atoms with Crippen LogP contribution in [-0.4, -0.2) is 28.5 Å². The van der Waals surface area contributed by atoms with Crippen molar-refractivity contribution in [3.8, 4) is 17.1 Å². The molecule has 3 aromatic rings. The van der Waals surface area contributed by atoms with Gasteiger partial charge in [-0.1, -0.05) is 18.2 Å². The van der Waals surface area contributed by atoms with Crippen molar-refractivity contribution in [3.63, 3.8) is 0 Å². The Morgan fingerprint density at radius 3 is 2.70 bits per heavy atom. The molecule has 1 aliphatic rings. The van der Waals surface area contributed by atoms with Crippen LogP contribution in [0, 0.1) is 10.1 Å². The molecule has 1 N–H and O–H groups in total. The first-order valence-corrected chi connectivity index (χ1v) is 10.3. The predicted octanol–water partition coefficient (Wildman–Crippen LogP) is 4.08. The number of rotatable bonds is 6. The van der Waals surface area contributed by atoms with Gasteiger partial charge in [-0.2, -0.15) is 0 Å². The molecule has 0 atom stereocenters. The monoisotopic (exact) mass is 463 g/mol. The molecule has 1 saturated heterocycles. The number of non-ortho nitro benzene ring substituents is 1. The lowest BCUT2D eigenvalue weighted by atomic mass is 10.1. The Bertz CT molecular complexity index is 1310. The highest BCUT2D eigenvalue weighted by molar-refractivity contribution is 7.80. The fraction of sp³-hybridized carbons (Fsp3) is 0.0870. The van der Waals surface area contributed by atoms with E-state index in [0.717, 1.165) is 0 Å². The first kappa shape index (κ1) is 21.9. The fourth-order valence-corrected chi connectivity index (χ4v) is 3.55. The number of furan rings is 1. The minimum absolute atomic E-state index is 0.0486. The molecule has 0 radical (unpaired) electrons. The molecule has 0 spiro atoms. The smallest absolute Gasteiger partial charge is 0.270 e. The second-order valence-corrected chi connectivity index (χ2v) is 7.28. The zero-order valence-electron chi connectivity index (χ0n) is 17.3. The van der Waals surface area contributed by atoms with E-state index in [-0.39, 0.29) is 22.1 Å². The maximum atomic E-state index is 13.2. The van der Waals surface area contributed by atoms with Gasteiger partial charge in [0.05, 0.1) is 17.2 Å². The lowest BCUT2D eigenvalue weighted by Gasteiger charge is -2.29. The van der Waals surface area contributed by atoms with Gasteiger partial charge in [0.25, 0.3) is 17.5 Å². The van der Waals surface area contributed by atoms with Crippen LogP contribution in [-0.2, 0) is 9.59 Å². The lowest BCUT2D eigenvalue weighted by Crippen LogP contribution is -2.54. The molecule has 4 rings (SSSR count). The molecule has 10 heteroatoms. The van der Waals surface area contributed by atoms with Crippen molar-refractivity contribution in [1.29, 1.82) is 0 Å². The molecule has 0 saturated carbocycles. The molecule has 1 aromatic heterocycles. The molecule has 1 fully saturated rings. The van der Waals surface area contributed by atoms with Gasteiger partial charge in [0, 0.05) is 23.8 Å². The van der Waals surface area contributed by atoms with E-state index in [2.05, 4.69) is 5.32 Å². The number of nitrogens with zero attached hydrogens (tertiary/aromatic N) is 2. The third-order valence-corrected chi connectivity index (χ3v) is 5.03. The van der Waals surface area contributed by atoms with E-state index >= 15 is 0 Å². The van der Waals surface area contributed by atoms with Crippen LogP contribution in [0.2, 0.25) is 0 Å². The zero-order chi connectivity index (χ0) is 23.5. The lowest BCUT2D eigenvalue weighted by molar-refractivity contribution is -0.384. The molecule has 2 heterocycles. The minimum atomic E-state index is -0.657. The summed E-state index contributed by atoms with van der Waals surface area (Å²) in [5, 5.41) is 13.5. The number of nitro benzene ring substituents is 1. The van der Waals surface area contributed by atoms with E-state index in [4.69, 9.17) is 21.4 Å². The zero-order valence-corrected chi connectivity index (χ0v) is 18.1. The molecule has 2 amide bonds. The second-order valence-electron chi connectivity index (χ2n) is 6.90. The number of carbonyl (C=O) groups excluding carboxylic acids is 2. The van der Waals surface area contributed by atoms with Crippen molar-refractivity contribution in [2.45, 2.75) is 6.92 Å². The summed E-state index contributed by atoms with van der Waals surface area (Å²) in [7, 11) is 0. The van der Waals surface area contributed by atoms with Gasteiger partial charge in [0.15, 0.2) is 5.11 Å². The Hall–Kier alpha value is -4.31. The summed E-state index contributed by atoms with van der Waals surface area (Å²) < 4.78 is 11.2. The fourth-order valence-electron chi connectivity index (χ4n) is 3.27. The molecular weight excluding hydrogens is 446 g/mol. The summed E-state index contributed by atoms with van der Waals surface area (Å²) in [5.41, 5.74) is 0.678. The quantitative estimate of drug-likeness (QED) is 0.193. The minimum Gasteiger partial charge on any atom is -0.494 e. The standard InChI is InChI=1S/C23H17N3O6S/c1-2-31-17-8-4-6-15(12-17)25-22(28)19(21(27)24-23(25)33)13-18-9-10-20(32-18)14-5-3-7-16(11-14)26(29)30/h3-13H,2H2,1H3,(H,24,27,33)/b19-13+. The van der Waals surface area contributed by atoms with Crippen LogP contribution in [0.1, 0.15) is 12.7 Å². The summed E-state index contributed by atoms with van der Waals surface area (Å²) >= 11 is 5.22. The molecule has 166 valence electrons. The summed E-state index contributed by atoms with van der Waals surface area (Å²) in [6.07, 6.45) is 1.31. The molecule has 0 unspecified atom stereocenters. The average Bonchev–Trinajstić information content (AvgIpc) is 3.26. The average molecular weight is 463 g/mol. The second kappa shape index (κ2) is 9.05. The van der Waals surface area contributed by atoms with Crippen LogP contribution in [0.3, 0.4) is 0 Å². The van der Waals surface area contributed by atoms with Crippen molar-refractivity contribution >= 4 is 46.6 Å². The first-order valence-electron chi connectivity index (χ1n) is 9.86. The van der Waals surface area contributed by atoms with Crippen LogP contribution in [0.25, 0.3) is 17.4 Å². The van der Waals surface area contributed by atoms with Crippen LogP contribution >= 0.6 is 12.2 Å². The van der Waals surface area contributed by atoms with Gasteiger partial charge in [0.2, 0.25) is 0 Å². The number of nitro groups is 1. The first-order chi connectivity index (χ1) is 15.9. The van der Waals surface area contributed by atoms with Gasteiger partial charge < -0.3 is 9.15 Å². The van der Waals surface area contributed by atoms with Gasteiger partial charge in [-0.05, 0) is 49.5 Å². The molecule has 0 bridgehead atoms. The summed E-state index contributed by atoms with van der Waals surface area (Å²) in [6.45, 7) is 2.30. The Morgan fingerprint density at radius 2 is 1.94 bits per heavy atom. The van der Waals surface area contributed by atoms with Crippen LogP contribution in [0.4, 0.5) is 11.4 Å². The highest BCUT2D eigenvalue weighted by Crippen LogP contribution is 2.29. The number of thiocarbonyl (C=S) groups is 1. The number of nitrogens with one attached hydrogen (secondary N) is 1. The molecular formula is C23H17N3O6S. The molecule has 9 nitrogen and oxygen atoms in total. The Morgan fingerprint density at radius 1 is 1.15 bits per heavy atom. The Labute approximate surface area is 193 Å². The largest absolute Gasteiger partial charge is 0.494 e. The molecule has 1 aliphatic heterocycles. The molecule has 2 aromatic carbocycles. The van der Waals surface area contributed by atoms with Crippen molar-refractivity contribution in [2.24, 2.45) is 0 Å². The van der Waals surface area contributed by atoms with Crippen LogP contribution in [0.5, 0.6) is 5.75 Å². The number of hydrogen-bond donors (Lipinski definition) is 1. The number of hydrogen-bond acceptors (Lipinski definition) is 7. The van der Waals surface area contributed by atoms with E-state index in [1.807, 2.05) is 6.92 Å². The van der Waals surface area contributed by atoms with E-state index in [9.17, 15) is 19.7 Å². The number of ether oxygens (including phenoxy) is 1. The maximum absolute atomic E-state index is 13.2. The van der Waals surface area contributed by atoms with Crippen molar-refractivity contribution in [3.05, 3.63) is 82.1 Å². The normalized spacial score (nSPS) is 15.0. The Balaban J connectivity index is 1.65. The predicted molar refractivity (Wildman–Crippen MR) is 125 cm³/mol. The summed E-state index contributed by atoms with van der Waals surface area (Å²) in [6, 6.07) is 15.9. The van der Waals surface area contributed by atoms with Crippen molar-refractivity contribution < 1.29 is 23.7 Å². The number of amides is 2. The topological polar surface area (TPSA) is 115 Å². The summed E-state index contributed by atoms with van der Waals surface area (Å²) in [5.74, 6) is -0.140. The van der Waals surface area contributed by atoms with Gasteiger partial charge in [0.1, 0.15) is 22.8 Å². The van der Waals surface area contributed by atoms with Gasteiger partial charge in [-0.15, -0.1) is 0 Å². The van der Waals surface area contributed by atoms with Crippen LogP contribution < -0.4 is 15.0 Å². The van der Waals surface area contributed by atoms with E-state index in [1.54, 1.807) is 48.5 Å². The molecule has 0 aliphatic carbocycles. The Kier molecular flexibility index (Phi) is 6.01. The van der Waals surface area contributed by atoms with Crippen molar-refractivity contribution in [1.82, 2.24) is 5.32 Å². The number of benzene rings is 2. The van der Waals surface area contributed by atoms with E-state index < -0.39 is 16.7 Å². The van der Waals surface area contributed by atoms with Gasteiger partial charge >= 0.3 is 0 Å².